The molecule has 0 aliphatic carbocycles. The van der Waals surface area contributed by atoms with Crippen LogP contribution in [-0.4, -0.2) is 36.6 Å². The maximum atomic E-state index is 14.6. The van der Waals surface area contributed by atoms with Gasteiger partial charge in [-0.15, -0.1) is 0 Å². The Morgan fingerprint density at radius 2 is 1.64 bits per heavy atom. The largest absolute Gasteiger partial charge is 0.494 e. The lowest BCUT2D eigenvalue weighted by Gasteiger charge is -2.12. The lowest BCUT2D eigenvalue weighted by Crippen LogP contribution is -2.14. The number of nitrogens with zero attached hydrogens (tertiary/aromatic N) is 3. The molecule has 0 radical (unpaired) electrons. The molecule has 2 aromatic carbocycles. The molecule has 0 saturated carbocycles. The van der Waals surface area contributed by atoms with Crippen LogP contribution in [-0.2, 0) is 22.9 Å². The van der Waals surface area contributed by atoms with Gasteiger partial charge in [0, 0.05) is 11.6 Å². The van der Waals surface area contributed by atoms with Crippen molar-refractivity contribution in [1.82, 2.24) is 13.9 Å². The van der Waals surface area contributed by atoms with E-state index in [0.29, 0.717) is 11.2 Å². The van der Waals surface area contributed by atoms with Crippen LogP contribution in [0.5, 0.6) is 11.5 Å². The molecule has 0 amide bonds. The van der Waals surface area contributed by atoms with E-state index in [0.717, 1.165) is 10.0 Å². The zero-order valence-electron chi connectivity index (χ0n) is 17.5. The number of aryl methyl sites for hydroxylation is 1. The molecule has 0 aliphatic rings. The third kappa shape index (κ3) is 4.18. The molecule has 0 N–H and O–H groups in total. The Hall–Kier alpha value is -3.05. The van der Waals surface area contributed by atoms with E-state index in [1.165, 1.54) is 38.6 Å². The topological polar surface area (TPSA) is 83.3 Å². The highest BCUT2D eigenvalue weighted by atomic mass is 79.9. The zero-order valence-corrected chi connectivity index (χ0v) is 20.0. The van der Waals surface area contributed by atoms with Gasteiger partial charge < -0.3 is 9.47 Å². The average Bonchev–Trinajstić information content (AvgIpc) is 3.15. The van der Waals surface area contributed by atoms with Gasteiger partial charge in [-0.2, -0.15) is 0 Å². The molecular formula is C22H18BrF2N3O4S. The van der Waals surface area contributed by atoms with Gasteiger partial charge in [0.05, 0.1) is 31.0 Å². The Balaban J connectivity index is 1.68. The summed E-state index contributed by atoms with van der Waals surface area (Å²) in [4.78, 5) is 8.81. The summed E-state index contributed by atoms with van der Waals surface area (Å²) >= 11 is 3.27. The minimum atomic E-state index is -3.91. The summed E-state index contributed by atoms with van der Waals surface area (Å²) < 4.78 is 66.6. The quantitative estimate of drug-likeness (QED) is 0.345. The van der Waals surface area contributed by atoms with E-state index in [4.69, 9.17) is 9.47 Å². The molecule has 2 heterocycles. The SMILES string of the molecule is COc1cc(OC)c(F)c(CCc2cnc3c(cc(Br)n3S(=O)(=O)c3ccccc3)n2)c1F. The summed E-state index contributed by atoms with van der Waals surface area (Å²) in [5.41, 5.74) is 0.696. The first-order valence-corrected chi connectivity index (χ1v) is 11.9. The van der Waals surface area contributed by atoms with Crippen LogP contribution in [0.2, 0.25) is 0 Å². The van der Waals surface area contributed by atoms with E-state index in [9.17, 15) is 17.2 Å². The Morgan fingerprint density at radius 3 is 2.24 bits per heavy atom. The highest BCUT2D eigenvalue weighted by Crippen LogP contribution is 2.32. The molecule has 2 aromatic heterocycles. The van der Waals surface area contributed by atoms with Crippen molar-refractivity contribution in [1.29, 1.82) is 0 Å². The molecule has 4 rings (SSSR count). The number of aromatic nitrogens is 3. The van der Waals surface area contributed by atoms with Crippen LogP contribution in [0, 0.1) is 11.6 Å². The molecule has 7 nitrogen and oxygen atoms in total. The maximum absolute atomic E-state index is 14.6. The van der Waals surface area contributed by atoms with E-state index in [-0.39, 0.29) is 45.0 Å². The number of ether oxygens (including phenoxy) is 2. The lowest BCUT2D eigenvalue weighted by atomic mass is 10.1. The van der Waals surface area contributed by atoms with Gasteiger partial charge in [0.15, 0.2) is 28.8 Å². The van der Waals surface area contributed by atoms with Crippen LogP contribution in [0.1, 0.15) is 11.3 Å². The minimum absolute atomic E-state index is 0.0321. The van der Waals surface area contributed by atoms with Crippen LogP contribution >= 0.6 is 15.9 Å². The van der Waals surface area contributed by atoms with Gasteiger partial charge in [-0.05, 0) is 47.0 Å². The molecule has 0 spiro atoms. The van der Waals surface area contributed by atoms with E-state index < -0.39 is 21.7 Å². The van der Waals surface area contributed by atoms with Crippen molar-refractivity contribution in [3.05, 3.63) is 76.2 Å². The van der Waals surface area contributed by atoms with Crippen molar-refractivity contribution in [2.75, 3.05) is 14.2 Å². The summed E-state index contributed by atoms with van der Waals surface area (Å²) in [7, 11) is -1.34. The Bertz CT molecular complexity index is 1420. The molecule has 0 fully saturated rings. The highest BCUT2D eigenvalue weighted by Gasteiger charge is 2.24. The minimum Gasteiger partial charge on any atom is -0.494 e. The summed E-state index contributed by atoms with van der Waals surface area (Å²) in [6.07, 6.45) is 1.51. The predicted octanol–water partition coefficient (Wildman–Crippen LogP) is 4.51. The third-order valence-electron chi connectivity index (χ3n) is 5.05. The van der Waals surface area contributed by atoms with Gasteiger partial charge in [-0.3, -0.25) is 0 Å². The second-order valence-corrected chi connectivity index (χ2v) is 9.61. The molecule has 0 bridgehead atoms. The van der Waals surface area contributed by atoms with Crippen molar-refractivity contribution >= 4 is 37.1 Å². The smallest absolute Gasteiger partial charge is 0.270 e. The number of methoxy groups -OCH3 is 2. The second-order valence-electron chi connectivity index (χ2n) is 7.01. The van der Waals surface area contributed by atoms with Crippen LogP contribution in [0.15, 0.2) is 58.2 Å². The van der Waals surface area contributed by atoms with Crippen molar-refractivity contribution in [2.24, 2.45) is 0 Å². The third-order valence-corrected chi connectivity index (χ3v) is 7.58. The number of benzene rings is 2. The number of hydrogen-bond donors (Lipinski definition) is 0. The second kappa shape index (κ2) is 9.06. The molecule has 0 atom stereocenters. The molecule has 4 aromatic rings. The Morgan fingerprint density at radius 1 is 1.00 bits per heavy atom. The summed E-state index contributed by atoms with van der Waals surface area (Å²) in [6.45, 7) is 0. The molecule has 0 aliphatic heterocycles. The van der Waals surface area contributed by atoms with Crippen LogP contribution < -0.4 is 9.47 Å². The van der Waals surface area contributed by atoms with Crippen LogP contribution in [0.25, 0.3) is 11.2 Å². The first kappa shape index (κ1) is 23.1. The van der Waals surface area contributed by atoms with Gasteiger partial charge in [0.2, 0.25) is 0 Å². The molecular weight excluding hydrogens is 520 g/mol. The van der Waals surface area contributed by atoms with Gasteiger partial charge in [-0.1, -0.05) is 18.2 Å². The monoisotopic (exact) mass is 537 g/mol. The first-order valence-electron chi connectivity index (χ1n) is 9.70. The number of halogens is 3. The summed E-state index contributed by atoms with van der Waals surface area (Å²) in [5.74, 6) is -1.88. The average molecular weight is 538 g/mol. The van der Waals surface area contributed by atoms with E-state index in [1.54, 1.807) is 18.2 Å². The fourth-order valence-corrected chi connectivity index (χ4v) is 5.74. The van der Waals surface area contributed by atoms with Gasteiger partial charge in [-0.25, -0.2) is 31.1 Å². The fraction of sp³-hybridized carbons (Fsp3) is 0.182. The summed E-state index contributed by atoms with van der Waals surface area (Å²) in [6, 6.07) is 10.6. The standard InChI is InChI=1S/C22H18BrF2N3O4S/c1-31-17-11-18(32-2)21(25)15(20(17)24)9-8-13-12-26-22-16(27-13)10-19(23)28(22)33(29,30)14-6-4-3-5-7-14/h3-7,10-12H,8-9H2,1-2H3. The van der Waals surface area contributed by atoms with Gasteiger partial charge >= 0.3 is 0 Å². The zero-order chi connectivity index (χ0) is 23.8. The maximum Gasteiger partial charge on any atom is 0.270 e. The molecule has 33 heavy (non-hydrogen) atoms. The number of hydrogen-bond acceptors (Lipinski definition) is 6. The van der Waals surface area contributed by atoms with Crippen molar-refractivity contribution in [3.63, 3.8) is 0 Å². The van der Waals surface area contributed by atoms with E-state index in [2.05, 4.69) is 25.9 Å². The number of rotatable bonds is 7. The number of fused-ring (bicyclic) bond motifs is 1. The summed E-state index contributed by atoms with van der Waals surface area (Å²) in [5, 5.41) is 0. The van der Waals surface area contributed by atoms with Crippen LogP contribution in [0.3, 0.4) is 0 Å². The highest BCUT2D eigenvalue weighted by molar-refractivity contribution is 9.10. The lowest BCUT2D eigenvalue weighted by molar-refractivity contribution is 0.353. The van der Waals surface area contributed by atoms with E-state index >= 15 is 0 Å². The Labute approximate surface area is 197 Å². The Kier molecular flexibility index (Phi) is 6.35. The van der Waals surface area contributed by atoms with Gasteiger partial charge in [0.1, 0.15) is 10.1 Å². The molecule has 0 saturated heterocycles. The van der Waals surface area contributed by atoms with E-state index in [1.807, 2.05) is 0 Å². The molecule has 172 valence electrons. The molecule has 11 heteroatoms. The van der Waals surface area contributed by atoms with Crippen molar-refractivity contribution in [2.45, 2.75) is 17.7 Å². The van der Waals surface area contributed by atoms with Crippen molar-refractivity contribution < 1.29 is 26.7 Å². The normalized spacial score (nSPS) is 11.7. The fourth-order valence-electron chi connectivity index (χ4n) is 3.42. The van der Waals surface area contributed by atoms with Gasteiger partial charge in [0.25, 0.3) is 10.0 Å². The predicted molar refractivity (Wildman–Crippen MR) is 121 cm³/mol. The molecule has 0 unspecified atom stereocenters. The van der Waals surface area contributed by atoms with Crippen LogP contribution in [0.4, 0.5) is 8.78 Å². The van der Waals surface area contributed by atoms with Crippen molar-refractivity contribution in [3.8, 4) is 11.5 Å². The first-order chi connectivity index (χ1) is 15.8.